The second-order valence-electron chi connectivity index (χ2n) is 9.43. The van der Waals surface area contributed by atoms with Gasteiger partial charge in [0.1, 0.15) is 0 Å². The summed E-state index contributed by atoms with van der Waals surface area (Å²) in [4.78, 5) is 34.8. The van der Waals surface area contributed by atoms with E-state index in [4.69, 9.17) is 5.73 Å². The van der Waals surface area contributed by atoms with E-state index in [0.717, 1.165) is 30.1 Å². The molecule has 1 aliphatic heterocycles. The summed E-state index contributed by atoms with van der Waals surface area (Å²) < 4.78 is 1.64. The van der Waals surface area contributed by atoms with Gasteiger partial charge in [0, 0.05) is 47.8 Å². The fraction of sp³-hybridized carbons (Fsp3) is 0.346. The van der Waals surface area contributed by atoms with E-state index < -0.39 is 5.91 Å². The van der Waals surface area contributed by atoms with Gasteiger partial charge in [0.15, 0.2) is 0 Å². The highest BCUT2D eigenvalue weighted by Gasteiger charge is 2.23. The summed E-state index contributed by atoms with van der Waals surface area (Å²) in [5, 5.41) is 2.10. The Morgan fingerprint density at radius 2 is 2.00 bits per heavy atom. The molecule has 0 aliphatic carbocycles. The molecule has 0 radical (unpaired) electrons. The minimum Gasteiger partial charge on any atom is -0.366 e. The molecule has 2 atom stereocenters. The number of nitrogens with two attached hydrogens (primary N) is 1. The highest BCUT2D eigenvalue weighted by atomic mass is 16.1. The molecule has 4 heterocycles. The number of nitrogens with zero attached hydrogens (tertiary/aromatic N) is 3. The zero-order valence-electron chi connectivity index (χ0n) is 19.0. The van der Waals surface area contributed by atoms with E-state index in [1.807, 2.05) is 0 Å². The van der Waals surface area contributed by atoms with Gasteiger partial charge in [0.05, 0.1) is 17.5 Å². The van der Waals surface area contributed by atoms with Crippen molar-refractivity contribution >= 4 is 27.6 Å². The van der Waals surface area contributed by atoms with Crippen LogP contribution in [0.5, 0.6) is 0 Å². The van der Waals surface area contributed by atoms with Gasteiger partial charge in [-0.1, -0.05) is 19.1 Å². The molecular formula is C26H29N5O2. The third-order valence-electron chi connectivity index (χ3n) is 6.91. The van der Waals surface area contributed by atoms with Crippen molar-refractivity contribution in [3.05, 3.63) is 76.1 Å². The first-order chi connectivity index (χ1) is 15.9. The zero-order chi connectivity index (χ0) is 23.1. The van der Waals surface area contributed by atoms with Crippen LogP contribution in [0.3, 0.4) is 0 Å². The van der Waals surface area contributed by atoms with E-state index in [-0.39, 0.29) is 11.1 Å². The smallest absolute Gasteiger partial charge is 0.260 e. The number of H-pyrrole nitrogens is 1. The largest absolute Gasteiger partial charge is 0.366 e. The predicted octanol–water partition coefficient (Wildman–Crippen LogP) is 3.65. The maximum atomic E-state index is 13.0. The van der Waals surface area contributed by atoms with E-state index in [2.05, 4.69) is 53.0 Å². The number of nitrogens with one attached hydrogen (secondary N) is 1. The average Bonchev–Trinajstić information content (AvgIpc) is 3.19. The van der Waals surface area contributed by atoms with Crippen molar-refractivity contribution in [3.8, 4) is 0 Å². The lowest BCUT2D eigenvalue weighted by atomic mass is 9.93. The standard InChI is InChI=1S/C26H29N5O2/c1-16-5-7-30(17(2)9-16)15-20-11-19-4-3-18(10-24(19)29-20)14-31-8-6-21-22(25(27)32)12-28-13-23(21)26(31)33/h3-4,6,8,10-13,16-17,29H,5,7,9,14-15H2,1-2H3,(H2,27,32)/t16-,17-/m0/s1. The number of primary amides is 1. The highest BCUT2D eigenvalue weighted by molar-refractivity contribution is 6.05. The van der Waals surface area contributed by atoms with Crippen LogP contribution < -0.4 is 11.3 Å². The minimum atomic E-state index is -0.591. The summed E-state index contributed by atoms with van der Waals surface area (Å²) in [5.41, 5.74) is 8.81. The second-order valence-corrected chi connectivity index (χ2v) is 9.43. The van der Waals surface area contributed by atoms with Crippen molar-refractivity contribution < 1.29 is 4.79 Å². The molecule has 3 N–H and O–H groups in total. The molecule has 4 aromatic rings. The Morgan fingerprint density at radius 3 is 2.79 bits per heavy atom. The molecule has 3 aromatic heterocycles. The molecule has 7 heteroatoms. The fourth-order valence-corrected chi connectivity index (χ4v) is 5.05. The second kappa shape index (κ2) is 8.48. The molecule has 1 aromatic carbocycles. The molecular weight excluding hydrogens is 414 g/mol. The molecule has 1 fully saturated rings. The van der Waals surface area contributed by atoms with E-state index >= 15 is 0 Å². The maximum Gasteiger partial charge on any atom is 0.260 e. The molecule has 0 bridgehead atoms. The van der Waals surface area contributed by atoms with Crippen LogP contribution in [0.4, 0.5) is 0 Å². The molecule has 1 saturated heterocycles. The Kier molecular flexibility index (Phi) is 5.50. The van der Waals surface area contributed by atoms with Crippen LogP contribution in [0.25, 0.3) is 21.7 Å². The fourth-order valence-electron chi connectivity index (χ4n) is 5.05. The maximum absolute atomic E-state index is 13.0. The number of hydrogen-bond acceptors (Lipinski definition) is 4. The van der Waals surface area contributed by atoms with Crippen LogP contribution in [-0.2, 0) is 13.1 Å². The van der Waals surface area contributed by atoms with Gasteiger partial charge in [0.2, 0.25) is 0 Å². The highest BCUT2D eigenvalue weighted by Crippen LogP contribution is 2.25. The number of hydrogen-bond donors (Lipinski definition) is 2. The van der Waals surface area contributed by atoms with Gasteiger partial charge in [-0.15, -0.1) is 0 Å². The lowest BCUT2D eigenvalue weighted by Gasteiger charge is -2.36. The van der Waals surface area contributed by atoms with E-state index in [1.54, 1.807) is 16.8 Å². The minimum absolute atomic E-state index is 0.191. The van der Waals surface area contributed by atoms with Crippen molar-refractivity contribution in [1.29, 1.82) is 0 Å². The monoisotopic (exact) mass is 443 g/mol. The quantitative estimate of drug-likeness (QED) is 0.492. The summed E-state index contributed by atoms with van der Waals surface area (Å²) in [6, 6.07) is 10.8. The number of amides is 1. The molecule has 7 nitrogen and oxygen atoms in total. The first kappa shape index (κ1) is 21.4. The number of aromatic nitrogens is 3. The van der Waals surface area contributed by atoms with E-state index in [1.165, 1.54) is 36.3 Å². The average molecular weight is 444 g/mol. The molecule has 170 valence electrons. The van der Waals surface area contributed by atoms with Crippen LogP contribution in [0.2, 0.25) is 0 Å². The van der Waals surface area contributed by atoms with Crippen molar-refractivity contribution in [2.24, 2.45) is 11.7 Å². The lowest BCUT2D eigenvalue weighted by molar-refractivity contribution is 0.100. The van der Waals surface area contributed by atoms with Gasteiger partial charge in [0.25, 0.3) is 11.5 Å². The SMILES string of the molecule is C[C@H]1CCN(Cc2cc3ccc(Cn4ccc5c(C(N)=O)cncc5c4=O)cc3[nH]2)[C@@H](C)C1. The third kappa shape index (κ3) is 4.16. The van der Waals surface area contributed by atoms with Gasteiger partial charge in [-0.2, -0.15) is 0 Å². The van der Waals surface area contributed by atoms with Crippen LogP contribution in [-0.4, -0.2) is 37.9 Å². The number of aromatic amines is 1. The molecule has 1 aliphatic rings. The number of likely N-dealkylation sites (tertiary alicyclic amines) is 1. The van der Waals surface area contributed by atoms with Crippen LogP contribution in [0, 0.1) is 5.92 Å². The first-order valence-electron chi connectivity index (χ1n) is 11.5. The van der Waals surface area contributed by atoms with E-state index in [9.17, 15) is 9.59 Å². The predicted molar refractivity (Wildman–Crippen MR) is 130 cm³/mol. The number of carbonyl (C=O) groups excluding carboxylic acids is 1. The summed E-state index contributed by atoms with van der Waals surface area (Å²) in [5.74, 6) is 0.213. The number of rotatable bonds is 5. The zero-order valence-corrected chi connectivity index (χ0v) is 19.0. The van der Waals surface area contributed by atoms with Gasteiger partial charge in [-0.05, 0) is 61.4 Å². The van der Waals surface area contributed by atoms with Gasteiger partial charge in [-0.25, -0.2) is 0 Å². The molecule has 0 saturated carbocycles. The van der Waals surface area contributed by atoms with Gasteiger partial charge >= 0.3 is 0 Å². The Hall–Kier alpha value is -3.45. The molecule has 5 rings (SSSR count). The van der Waals surface area contributed by atoms with Gasteiger partial charge < -0.3 is 15.3 Å². The Labute approximate surface area is 192 Å². The summed E-state index contributed by atoms with van der Waals surface area (Å²) >= 11 is 0. The van der Waals surface area contributed by atoms with E-state index in [0.29, 0.717) is 23.4 Å². The lowest BCUT2D eigenvalue weighted by Crippen LogP contribution is -2.39. The number of fused-ring (bicyclic) bond motifs is 2. The van der Waals surface area contributed by atoms with Crippen LogP contribution in [0.15, 0.2) is 53.7 Å². The number of pyridine rings is 2. The molecule has 33 heavy (non-hydrogen) atoms. The van der Waals surface area contributed by atoms with Crippen molar-refractivity contribution in [2.45, 2.75) is 45.8 Å². The topological polar surface area (TPSA) is 97.0 Å². The number of carbonyl (C=O) groups is 1. The van der Waals surface area contributed by atoms with Crippen LogP contribution >= 0.6 is 0 Å². The van der Waals surface area contributed by atoms with Crippen molar-refractivity contribution in [1.82, 2.24) is 19.4 Å². The summed E-state index contributed by atoms with van der Waals surface area (Å²) in [6.45, 7) is 7.16. The number of piperidine rings is 1. The first-order valence-corrected chi connectivity index (χ1v) is 11.5. The number of benzene rings is 1. The molecule has 0 spiro atoms. The molecule has 0 unspecified atom stereocenters. The third-order valence-corrected chi connectivity index (χ3v) is 6.91. The Balaban J connectivity index is 1.40. The van der Waals surface area contributed by atoms with Crippen molar-refractivity contribution in [3.63, 3.8) is 0 Å². The Bertz CT molecular complexity index is 1400. The normalized spacial score (nSPS) is 19.3. The van der Waals surface area contributed by atoms with Crippen LogP contribution in [0.1, 0.15) is 48.3 Å². The van der Waals surface area contributed by atoms with Crippen molar-refractivity contribution in [2.75, 3.05) is 6.54 Å². The summed E-state index contributed by atoms with van der Waals surface area (Å²) in [6.07, 6.45) is 7.10. The van der Waals surface area contributed by atoms with Gasteiger partial charge in [-0.3, -0.25) is 19.5 Å². The Morgan fingerprint density at radius 1 is 1.15 bits per heavy atom. The summed E-state index contributed by atoms with van der Waals surface area (Å²) in [7, 11) is 0. The molecule has 1 amide bonds.